The highest BCUT2D eigenvalue weighted by molar-refractivity contribution is 7.08. The Morgan fingerprint density at radius 3 is 2.85 bits per heavy atom. The van der Waals surface area contributed by atoms with Gasteiger partial charge < -0.3 is 9.73 Å². The van der Waals surface area contributed by atoms with Crippen molar-refractivity contribution in [1.82, 2.24) is 15.5 Å². The standard InChI is InChI=1S/C11H10F3N3O2S/c12-11(13,14)6-15-8(18)1-2-9-16-17-10(19-9)7-3-4-20-5-7/h3-5H,1-2,6H2,(H,15,18). The number of hydrogen-bond donors (Lipinski definition) is 1. The summed E-state index contributed by atoms with van der Waals surface area (Å²) >= 11 is 1.47. The van der Waals surface area contributed by atoms with E-state index in [1.165, 1.54) is 11.3 Å². The molecule has 0 spiro atoms. The largest absolute Gasteiger partial charge is 0.421 e. The van der Waals surface area contributed by atoms with Crippen LogP contribution in [0.5, 0.6) is 0 Å². The average molecular weight is 305 g/mol. The molecule has 0 aromatic carbocycles. The van der Waals surface area contributed by atoms with Crippen molar-refractivity contribution < 1.29 is 22.4 Å². The fourth-order valence-corrected chi connectivity index (χ4v) is 1.99. The normalized spacial score (nSPS) is 11.6. The van der Waals surface area contributed by atoms with Crippen molar-refractivity contribution in [3.63, 3.8) is 0 Å². The first kappa shape index (κ1) is 14.5. The van der Waals surface area contributed by atoms with E-state index < -0.39 is 18.6 Å². The van der Waals surface area contributed by atoms with Crippen molar-refractivity contribution >= 4 is 17.2 Å². The van der Waals surface area contributed by atoms with Crippen molar-refractivity contribution in [3.05, 3.63) is 22.7 Å². The summed E-state index contributed by atoms with van der Waals surface area (Å²) in [6, 6.07) is 1.80. The molecule has 5 nitrogen and oxygen atoms in total. The summed E-state index contributed by atoms with van der Waals surface area (Å²) < 4.78 is 41.0. The van der Waals surface area contributed by atoms with Crippen LogP contribution in [0.2, 0.25) is 0 Å². The summed E-state index contributed by atoms with van der Waals surface area (Å²) in [5.41, 5.74) is 0.773. The molecule has 2 aromatic rings. The maximum atomic E-state index is 11.9. The highest BCUT2D eigenvalue weighted by atomic mass is 32.1. The van der Waals surface area contributed by atoms with Crippen LogP contribution < -0.4 is 5.32 Å². The number of nitrogens with one attached hydrogen (secondary N) is 1. The first-order chi connectivity index (χ1) is 9.44. The predicted octanol–water partition coefficient (Wildman–Crippen LogP) is 2.41. The third-order valence-corrected chi connectivity index (χ3v) is 2.97. The van der Waals surface area contributed by atoms with E-state index in [4.69, 9.17) is 4.42 Å². The van der Waals surface area contributed by atoms with E-state index in [2.05, 4.69) is 10.2 Å². The zero-order valence-corrected chi connectivity index (χ0v) is 10.9. The van der Waals surface area contributed by atoms with Gasteiger partial charge in [0.05, 0.1) is 0 Å². The van der Waals surface area contributed by atoms with E-state index in [1.807, 2.05) is 10.8 Å². The van der Waals surface area contributed by atoms with Gasteiger partial charge in [-0.1, -0.05) is 0 Å². The molecule has 0 saturated carbocycles. The minimum Gasteiger partial charge on any atom is -0.421 e. The third kappa shape index (κ3) is 4.34. The molecule has 0 unspecified atom stereocenters. The molecule has 0 aliphatic carbocycles. The van der Waals surface area contributed by atoms with Gasteiger partial charge in [-0.2, -0.15) is 24.5 Å². The summed E-state index contributed by atoms with van der Waals surface area (Å²) in [5.74, 6) is -0.164. The molecule has 2 rings (SSSR count). The lowest BCUT2D eigenvalue weighted by Gasteiger charge is -2.07. The lowest BCUT2D eigenvalue weighted by Crippen LogP contribution is -2.33. The van der Waals surface area contributed by atoms with Gasteiger partial charge in [0.25, 0.3) is 0 Å². The first-order valence-corrected chi connectivity index (χ1v) is 6.57. The molecule has 0 radical (unpaired) electrons. The molecule has 108 valence electrons. The van der Waals surface area contributed by atoms with Crippen LogP contribution in [0, 0.1) is 0 Å². The minimum absolute atomic E-state index is 0.0980. The summed E-state index contributed by atoms with van der Waals surface area (Å²) in [6.07, 6.45) is -4.45. The number of aryl methyl sites for hydroxylation is 1. The number of halogens is 3. The zero-order chi connectivity index (χ0) is 14.6. The number of hydrogen-bond acceptors (Lipinski definition) is 5. The van der Waals surface area contributed by atoms with Gasteiger partial charge in [0.2, 0.25) is 17.7 Å². The smallest absolute Gasteiger partial charge is 0.405 e. The lowest BCUT2D eigenvalue weighted by atomic mass is 10.3. The Bertz CT molecular complexity index is 566. The van der Waals surface area contributed by atoms with Gasteiger partial charge in [-0.3, -0.25) is 4.79 Å². The second-order valence-corrected chi connectivity index (χ2v) is 4.68. The van der Waals surface area contributed by atoms with Crippen molar-refractivity contribution in [1.29, 1.82) is 0 Å². The molecule has 1 amide bonds. The zero-order valence-electron chi connectivity index (χ0n) is 10.1. The molecule has 2 aromatic heterocycles. The van der Waals surface area contributed by atoms with Crippen molar-refractivity contribution in [2.45, 2.75) is 19.0 Å². The Balaban J connectivity index is 1.81. The first-order valence-electron chi connectivity index (χ1n) is 5.62. The van der Waals surface area contributed by atoms with E-state index in [-0.39, 0.29) is 18.7 Å². The topological polar surface area (TPSA) is 68.0 Å². The van der Waals surface area contributed by atoms with E-state index in [0.717, 1.165) is 5.56 Å². The summed E-state index contributed by atoms with van der Waals surface area (Å²) in [5, 5.41) is 13.0. The van der Waals surface area contributed by atoms with Crippen LogP contribution in [0.25, 0.3) is 11.5 Å². The van der Waals surface area contributed by atoms with Crippen LogP contribution in [0.15, 0.2) is 21.2 Å². The second kappa shape index (κ2) is 6.04. The Hall–Kier alpha value is -1.90. The molecule has 0 saturated heterocycles. The number of carbonyl (C=O) groups is 1. The molecule has 9 heteroatoms. The highest BCUT2D eigenvalue weighted by Gasteiger charge is 2.27. The molecule has 0 atom stereocenters. The van der Waals surface area contributed by atoms with Crippen LogP contribution in [0.4, 0.5) is 13.2 Å². The Morgan fingerprint density at radius 2 is 2.20 bits per heavy atom. The summed E-state index contributed by atoms with van der Waals surface area (Å²) in [7, 11) is 0. The number of rotatable bonds is 5. The second-order valence-electron chi connectivity index (χ2n) is 3.90. The van der Waals surface area contributed by atoms with E-state index in [1.54, 1.807) is 11.4 Å². The van der Waals surface area contributed by atoms with Gasteiger partial charge in [0.15, 0.2) is 0 Å². The van der Waals surface area contributed by atoms with Crippen LogP contribution in [0.3, 0.4) is 0 Å². The highest BCUT2D eigenvalue weighted by Crippen LogP contribution is 2.20. The lowest BCUT2D eigenvalue weighted by molar-refractivity contribution is -0.138. The molecule has 0 aliphatic rings. The Labute approximate surface area is 115 Å². The number of aromatic nitrogens is 2. The van der Waals surface area contributed by atoms with Gasteiger partial charge in [0, 0.05) is 23.8 Å². The molecule has 0 bridgehead atoms. The van der Waals surface area contributed by atoms with Crippen LogP contribution in [-0.2, 0) is 11.2 Å². The van der Waals surface area contributed by atoms with E-state index in [0.29, 0.717) is 5.89 Å². The summed E-state index contributed by atoms with van der Waals surface area (Å²) in [4.78, 5) is 11.2. The van der Waals surface area contributed by atoms with Gasteiger partial charge in [-0.25, -0.2) is 0 Å². The third-order valence-electron chi connectivity index (χ3n) is 2.29. The number of nitrogens with zero attached hydrogens (tertiary/aromatic N) is 2. The minimum atomic E-state index is -4.41. The maximum Gasteiger partial charge on any atom is 0.405 e. The van der Waals surface area contributed by atoms with Crippen LogP contribution in [0.1, 0.15) is 12.3 Å². The quantitative estimate of drug-likeness (QED) is 0.921. The van der Waals surface area contributed by atoms with Gasteiger partial charge >= 0.3 is 6.18 Å². The number of carbonyl (C=O) groups excluding carboxylic acids is 1. The summed E-state index contributed by atoms with van der Waals surface area (Å²) in [6.45, 7) is -1.34. The van der Waals surface area contributed by atoms with Gasteiger partial charge in [0.1, 0.15) is 6.54 Å². The molecular formula is C11H10F3N3O2S. The Morgan fingerprint density at radius 1 is 1.40 bits per heavy atom. The monoisotopic (exact) mass is 305 g/mol. The molecule has 20 heavy (non-hydrogen) atoms. The van der Waals surface area contributed by atoms with Crippen molar-refractivity contribution in [2.24, 2.45) is 0 Å². The number of amides is 1. The van der Waals surface area contributed by atoms with Crippen molar-refractivity contribution in [2.75, 3.05) is 6.54 Å². The van der Waals surface area contributed by atoms with Gasteiger partial charge in [-0.05, 0) is 11.4 Å². The van der Waals surface area contributed by atoms with Gasteiger partial charge in [-0.15, -0.1) is 10.2 Å². The predicted molar refractivity (Wildman–Crippen MR) is 65.0 cm³/mol. The molecule has 0 fully saturated rings. The van der Waals surface area contributed by atoms with Crippen LogP contribution in [-0.4, -0.2) is 28.8 Å². The SMILES string of the molecule is O=C(CCc1nnc(-c2ccsc2)o1)NCC(F)(F)F. The molecule has 1 N–H and O–H groups in total. The number of alkyl halides is 3. The maximum absolute atomic E-state index is 11.9. The molecule has 2 heterocycles. The van der Waals surface area contributed by atoms with Crippen LogP contribution >= 0.6 is 11.3 Å². The fourth-order valence-electron chi connectivity index (χ4n) is 1.37. The Kier molecular flexibility index (Phi) is 4.38. The van der Waals surface area contributed by atoms with E-state index >= 15 is 0 Å². The number of thiophene rings is 1. The average Bonchev–Trinajstić information content (AvgIpc) is 3.03. The van der Waals surface area contributed by atoms with Crippen molar-refractivity contribution in [3.8, 4) is 11.5 Å². The molecule has 0 aliphatic heterocycles. The van der Waals surface area contributed by atoms with E-state index in [9.17, 15) is 18.0 Å². The fraction of sp³-hybridized carbons (Fsp3) is 0.364. The molecular weight excluding hydrogens is 295 g/mol.